The number of rotatable bonds is 2. The minimum absolute atomic E-state index is 0.553. The van der Waals surface area contributed by atoms with Crippen LogP contribution < -0.4 is 0 Å². The number of benzene rings is 2. The van der Waals surface area contributed by atoms with Gasteiger partial charge in [-0.1, -0.05) is 60.7 Å². The van der Waals surface area contributed by atoms with Gasteiger partial charge in [-0.3, -0.25) is 0 Å². The molecule has 0 saturated carbocycles. The van der Waals surface area contributed by atoms with Gasteiger partial charge >= 0.3 is 0 Å². The van der Waals surface area contributed by atoms with E-state index in [2.05, 4.69) is 16.0 Å². The summed E-state index contributed by atoms with van der Waals surface area (Å²) in [5.41, 5.74) is 1.61. The summed E-state index contributed by atoms with van der Waals surface area (Å²) >= 11 is 0. The summed E-state index contributed by atoms with van der Waals surface area (Å²) < 4.78 is 0. The first-order valence-electron chi connectivity index (χ1n) is 5.22. The number of hydrogen-bond acceptors (Lipinski definition) is 2. The Morgan fingerprint density at radius 1 is 0.688 bits per heavy atom. The van der Waals surface area contributed by atoms with Crippen LogP contribution >= 0.6 is 0 Å². The van der Waals surface area contributed by atoms with Crippen molar-refractivity contribution >= 4 is 6.01 Å². The van der Waals surface area contributed by atoms with E-state index < -0.39 is 5.66 Å². The van der Waals surface area contributed by atoms with Crippen LogP contribution in [0, 0.1) is 0 Å². The second-order valence-corrected chi connectivity index (χ2v) is 3.73. The molecule has 1 heterocycles. The standard InChI is InChI=1S/C14H10N2/c1-3-7-12(8-4-1)14(15-11-16-14)13-9-5-2-6-10-13/h1-10H. The molecule has 0 N–H and O–H groups in total. The molecule has 0 amide bonds. The van der Waals surface area contributed by atoms with Gasteiger partial charge in [-0.2, -0.15) is 9.98 Å². The SMILES string of the molecule is C1=NC(c2ccccc2)(c2ccccc2)N=1. The second kappa shape index (κ2) is 3.44. The average Bonchev–Trinajstić information content (AvgIpc) is 2.31. The Balaban J connectivity index is 2.13. The van der Waals surface area contributed by atoms with Gasteiger partial charge in [0.05, 0.1) is 6.01 Å². The Morgan fingerprint density at radius 3 is 1.44 bits per heavy atom. The Hall–Kier alpha value is -2.18. The van der Waals surface area contributed by atoms with E-state index in [1.165, 1.54) is 0 Å². The molecule has 3 rings (SSSR count). The van der Waals surface area contributed by atoms with E-state index in [1.54, 1.807) is 0 Å². The van der Waals surface area contributed by atoms with Gasteiger partial charge < -0.3 is 0 Å². The molecular formula is C14H10N2. The largest absolute Gasteiger partial charge is 0.221 e. The summed E-state index contributed by atoms with van der Waals surface area (Å²) in [7, 11) is 0. The third kappa shape index (κ3) is 1.21. The molecule has 0 saturated heterocycles. The normalized spacial score (nSPS) is 15.8. The van der Waals surface area contributed by atoms with E-state index in [9.17, 15) is 0 Å². The molecule has 1 aliphatic heterocycles. The summed E-state index contributed by atoms with van der Waals surface area (Å²) in [6.45, 7) is 0. The van der Waals surface area contributed by atoms with Gasteiger partial charge in [0, 0.05) is 11.1 Å². The van der Waals surface area contributed by atoms with Crippen molar-refractivity contribution in [1.29, 1.82) is 0 Å². The molecule has 2 aromatic carbocycles. The summed E-state index contributed by atoms with van der Waals surface area (Å²) in [5.74, 6) is 0. The molecule has 0 unspecified atom stereocenters. The molecule has 0 bridgehead atoms. The molecule has 0 spiro atoms. The van der Waals surface area contributed by atoms with Crippen LogP contribution in [0.3, 0.4) is 0 Å². The Morgan fingerprint density at radius 2 is 1.12 bits per heavy atom. The highest BCUT2D eigenvalue weighted by Crippen LogP contribution is 2.37. The monoisotopic (exact) mass is 206 g/mol. The van der Waals surface area contributed by atoms with Crippen LogP contribution in [0.2, 0.25) is 0 Å². The first-order valence-corrected chi connectivity index (χ1v) is 5.22. The minimum Gasteiger partial charge on any atom is -0.184 e. The van der Waals surface area contributed by atoms with Crippen LogP contribution in [0.1, 0.15) is 11.1 Å². The van der Waals surface area contributed by atoms with Gasteiger partial charge in [0.1, 0.15) is 0 Å². The fraction of sp³-hybridized carbons (Fsp3) is 0.0714. The van der Waals surface area contributed by atoms with Gasteiger partial charge in [0.2, 0.25) is 5.66 Å². The van der Waals surface area contributed by atoms with E-state index in [4.69, 9.17) is 0 Å². The summed E-state index contributed by atoms with van der Waals surface area (Å²) in [4.78, 5) is 8.65. The number of hydrogen-bond donors (Lipinski definition) is 0. The third-order valence-electron chi connectivity index (χ3n) is 2.78. The maximum absolute atomic E-state index is 4.32. The lowest BCUT2D eigenvalue weighted by Crippen LogP contribution is -2.26. The topological polar surface area (TPSA) is 24.7 Å². The van der Waals surface area contributed by atoms with Gasteiger partial charge in [-0.15, -0.1) is 0 Å². The highest BCUT2D eigenvalue weighted by molar-refractivity contribution is 5.57. The lowest BCUT2D eigenvalue weighted by Gasteiger charge is -2.27. The van der Waals surface area contributed by atoms with Crippen molar-refractivity contribution < 1.29 is 0 Å². The van der Waals surface area contributed by atoms with Crippen LogP contribution in [0.5, 0.6) is 0 Å². The molecule has 2 aromatic rings. The highest BCUT2D eigenvalue weighted by atomic mass is 15.2. The van der Waals surface area contributed by atoms with Crippen LogP contribution in [0.15, 0.2) is 70.6 Å². The number of aliphatic imine (C=N–C) groups is 2. The quantitative estimate of drug-likeness (QED) is 0.721. The van der Waals surface area contributed by atoms with Crippen LogP contribution in [-0.2, 0) is 5.66 Å². The van der Waals surface area contributed by atoms with E-state index in [1.807, 2.05) is 60.7 Å². The first kappa shape index (κ1) is 9.08. The predicted molar refractivity (Wildman–Crippen MR) is 63.5 cm³/mol. The zero-order chi connectivity index (χ0) is 10.8. The molecule has 0 atom stereocenters. The van der Waals surface area contributed by atoms with Crippen molar-refractivity contribution in [3.05, 3.63) is 71.8 Å². The van der Waals surface area contributed by atoms with E-state index in [0.717, 1.165) is 11.1 Å². The molecular weight excluding hydrogens is 196 g/mol. The molecule has 0 radical (unpaired) electrons. The smallest absolute Gasteiger partial charge is 0.184 e. The fourth-order valence-corrected chi connectivity index (χ4v) is 1.92. The van der Waals surface area contributed by atoms with Crippen molar-refractivity contribution in [2.75, 3.05) is 0 Å². The Labute approximate surface area is 94.0 Å². The molecule has 0 aliphatic carbocycles. The highest BCUT2D eigenvalue weighted by Gasteiger charge is 2.36. The van der Waals surface area contributed by atoms with E-state index >= 15 is 0 Å². The summed E-state index contributed by atoms with van der Waals surface area (Å²) in [5, 5.41) is 0. The van der Waals surface area contributed by atoms with Crippen LogP contribution in [0.25, 0.3) is 0 Å². The van der Waals surface area contributed by atoms with Crippen molar-refractivity contribution in [2.45, 2.75) is 5.66 Å². The summed E-state index contributed by atoms with van der Waals surface area (Å²) in [6.07, 6.45) is 0. The zero-order valence-corrected chi connectivity index (χ0v) is 8.67. The zero-order valence-electron chi connectivity index (χ0n) is 8.67. The second-order valence-electron chi connectivity index (χ2n) is 3.73. The summed E-state index contributed by atoms with van der Waals surface area (Å²) in [6, 6.07) is 22.8. The molecule has 16 heavy (non-hydrogen) atoms. The molecule has 2 nitrogen and oxygen atoms in total. The molecule has 0 fully saturated rings. The Bertz CT molecular complexity index is 502. The van der Waals surface area contributed by atoms with Crippen molar-refractivity contribution in [3.8, 4) is 0 Å². The maximum atomic E-state index is 4.32. The van der Waals surface area contributed by atoms with Gasteiger partial charge in [-0.25, -0.2) is 0 Å². The van der Waals surface area contributed by atoms with Gasteiger partial charge in [0.25, 0.3) is 0 Å². The van der Waals surface area contributed by atoms with E-state index in [0.29, 0.717) is 0 Å². The van der Waals surface area contributed by atoms with Crippen molar-refractivity contribution in [1.82, 2.24) is 0 Å². The lowest BCUT2D eigenvalue weighted by molar-refractivity contribution is 0.548. The Kier molecular flexibility index (Phi) is 1.95. The average molecular weight is 206 g/mol. The van der Waals surface area contributed by atoms with Gasteiger partial charge in [-0.05, 0) is 0 Å². The lowest BCUT2D eigenvalue weighted by atomic mass is 9.91. The predicted octanol–water partition coefficient (Wildman–Crippen LogP) is 3.08. The minimum atomic E-state index is -0.553. The molecule has 0 aromatic heterocycles. The van der Waals surface area contributed by atoms with Gasteiger partial charge in [0.15, 0.2) is 0 Å². The first-order chi connectivity index (χ1) is 7.92. The maximum Gasteiger partial charge on any atom is 0.221 e. The van der Waals surface area contributed by atoms with Crippen molar-refractivity contribution in [3.63, 3.8) is 0 Å². The third-order valence-corrected chi connectivity index (χ3v) is 2.78. The van der Waals surface area contributed by atoms with Crippen LogP contribution in [-0.4, -0.2) is 6.01 Å². The van der Waals surface area contributed by atoms with Crippen molar-refractivity contribution in [2.24, 2.45) is 9.98 Å². The number of nitrogens with zero attached hydrogens (tertiary/aromatic N) is 2. The molecule has 1 aliphatic rings. The van der Waals surface area contributed by atoms with Crippen LogP contribution in [0.4, 0.5) is 0 Å². The fourth-order valence-electron chi connectivity index (χ4n) is 1.92. The van der Waals surface area contributed by atoms with E-state index in [-0.39, 0.29) is 0 Å². The molecule has 2 heteroatoms. The molecule has 76 valence electrons.